The van der Waals surface area contributed by atoms with Crippen molar-refractivity contribution in [3.05, 3.63) is 30.3 Å². The molecule has 0 spiro atoms. The molecule has 1 N–H and O–H groups in total. The summed E-state index contributed by atoms with van der Waals surface area (Å²) in [4.78, 5) is 23.1. The van der Waals surface area contributed by atoms with Gasteiger partial charge in [-0.05, 0) is 18.6 Å². The summed E-state index contributed by atoms with van der Waals surface area (Å²) in [6.45, 7) is 3.54. The van der Waals surface area contributed by atoms with E-state index in [9.17, 15) is 14.7 Å². The van der Waals surface area contributed by atoms with E-state index >= 15 is 0 Å². The number of hydrogen-bond donors (Lipinski definition) is 1. The summed E-state index contributed by atoms with van der Waals surface area (Å²) in [7, 11) is 0. The van der Waals surface area contributed by atoms with Gasteiger partial charge in [-0.2, -0.15) is 0 Å². The number of ether oxygens (including phenoxy) is 2. The second kappa shape index (κ2) is 14.1. The van der Waals surface area contributed by atoms with Gasteiger partial charge in [0.25, 0.3) is 0 Å². The van der Waals surface area contributed by atoms with Gasteiger partial charge in [0.1, 0.15) is 18.5 Å². The molecule has 5 nitrogen and oxygen atoms in total. The molecular weight excluding hydrogens is 344 g/mol. The zero-order valence-electron chi connectivity index (χ0n) is 16.7. The topological polar surface area (TPSA) is 72.8 Å². The zero-order valence-corrected chi connectivity index (χ0v) is 16.7. The van der Waals surface area contributed by atoms with Crippen molar-refractivity contribution in [3.63, 3.8) is 0 Å². The minimum atomic E-state index is -0.944. The summed E-state index contributed by atoms with van der Waals surface area (Å²) in [6, 6.07) is 9.13. The number of rotatable bonds is 15. The van der Waals surface area contributed by atoms with Crippen molar-refractivity contribution in [1.82, 2.24) is 0 Å². The molecule has 0 heterocycles. The third-order valence-electron chi connectivity index (χ3n) is 4.61. The summed E-state index contributed by atoms with van der Waals surface area (Å²) in [5.74, 6) is -1.55. The molecular formula is C22H34O5. The fourth-order valence-corrected chi connectivity index (χ4v) is 3.11. The van der Waals surface area contributed by atoms with Crippen molar-refractivity contribution < 1.29 is 24.2 Å². The minimum absolute atomic E-state index is 0.0393. The molecule has 0 unspecified atom stereocenters. The van der Waals surface area contributed by atoms with Gasteiger partial charge in [-0.15, -0.1) is 0 Å². The Morgan fingerprint density at radius 1 is 0.963 bits per heavy atom. The van der Waals surface area contributed by atoms with Crippen LogP contribution in [0.5, 0.6) is 5.75 Å². The van der Waals surface area contributed by atoms with Crippen LogP contribution in [0, 0.1) is 5.92 Å². The number of unbranched alkanes of at least 4 members (excludes halogenated alkanes) is 7. The van der Waals surface area contributed by atoms with E-state index in [4.69, 9.17) is 9.47 Å². The largest absolute Gasteiger partial charge is 0.490 e. The fourth-order valence-electron chi connectivity index (χ4n) is 3.11. The van der Waals surface area contributed by atoms with Crippen LogP contribution in [0.2, 0.25) is 0 Å². The van der Waals surface area contributed by atoms with Gasteiger partial charge in [0.2, 0.25) is 0 Å². The second-order valence-electron chi connectivity index (χ2n) is 6.98. The Bertz CT molecular complexity index is 529. The van der Waals surface area contributed by atoms with E-state index in [1.165, 1.54) is 39.0 Å². The van der Waals surface area contributed by atoms with Crippen molar-refractivity contribution in [2.45, 2.75) is 77.7 Å². The molecule has 1 aromatic rings. The maximum atomic E-state index is 11.7. The average molecular weight is 379 g/mol. The van der Waals surface area contributed by atoms with Gasteiger partial charge in [0.05, 0.1) is 5.92 Å². The maximum Gasteiger partial charge on any atom is 0.310 e. The predicted molar refractivity (Wildman–Crippen MR) is 106 cm³/mol. The lowest BCUT2D eigenvalue weighted by atomic mass is 9.95. The summed E-state index contributed by atoms with van der Waals surface area (Å²) in [5.41, 5.74) is 0. The van der Waals surface area contributed by atoms with Gasteiger partial charge >= 0.3 is 11.9 Å². The molecule has 2 atom stereocenters. The van der Waals surface area contributed by atoms with Gasteiger partial charge in [0.15, 0.2) is 0 Å². The van der Waals surface area contributed by atoms with Crippen LogP contribution in [0.4, 0.5) is 0 Å². The van der Waals surface area contributed by atoms with E-state index in [1.54, 1.807) is 12.1 Å². The third kappa shape index (κ3) is 10.6. The molecule has 0 radical (unpaired) electrons. The number of benzene rings is 1. The molecule has 0 bridgehead atoms. The lowest BCUT2D eigenvalue weighted by Crippen LogP contribution is -2.36. The molecule has 0 aliphatic rings. The number of carbonyl (C=O) groups is 2. The quantitative estimate of drug-likeness (QED) is 0.334. The van der Waals surface area contributed by atoms with Crippen LogP contribution in [0.25, 0.3) is 0 Å². The van der Waals surface area contributed by atoms with Crippen molar-refractivity contribution in [2.24, 2.45) is 5.92 Å². The van der Waals surface area contributed by atoms with Gasteiger partial charge in [-0.3, -0.25) is 9.59 Å². The Kier molecular flexibility index (Phi) is 12.0. The molecule has 0 saturated heterocycles. The molecule has 0 aliphatic heterocycles. The molecule has 0 saturated carbocycles. The molecule has 0 fully saturated rings. The highest BCUT2D eigenvalue weighted by atomic mass is 16.6. The first kappa shape index (κ1) is 23.0. The molecule has 27 heavy (non-hydrogen) atoms. The molecule has 0 amide bonds. The molecule has 5 heteroatoms. The van der Waals surface area contributed by atoms with E-state index < -0.39 is 24.0 Å². The van der Waals surface area contributed by atoms with Crippen LogP contribution in [0.15, 0.2) is 30.3 Å². The SMILES string of the molecule is CCCCCCCCCC[C@H](C(=O)O)[C@H](COc1ccccc1)OC(C)=O. The molecule has 0 aromatic heterocycles. The van der Waals surface area contributed by atoms with Crippen molar-refractivity contribution in [3.8, 4) is 5.75 Å². The Hall–Kier alpha value is -2.04. The van der Waals surface area contributed by atoms with E-state index in [-0.39, 0.29) is 6.61 Å². The fraction of sp³-hybridized carbons (Fsp3) is 0.636. The van der Waals surface area contributed by atoms with E-state index in [0.717, 1.165) is 19.3 Å². The van der Waals surface area contributed by atoms with Crippen molar-refractivity contribution in [1.29, 1.82) is 0 Å². The van der Waals surface area contributed by atoms with Crippen LogP contribution in [-0.4, -0.2) is 29.8 Å². The van der Waals surface area contributed by atoms with Gasteiger partial charge in [-0.25, -0.2) is 0 Å². The van der Waals surface area contributed by atoms with E-state index in [2.05, 4.69) is 6.92 Å². The summed E-state index contributed by atoms with van der Waals surface area (Å²) >= 11 is 0. The third-order valence-corrected chi connectivity index (χ3v) is 4.61. The van der Waals surface area contributed by atoms with Crippen molar-refractivity contribution in [2.75, 3.05) is 6.61 Å². The summed E-state index contributed by atoms with van der Waals surface area (Å²) in [6.07, 6.45) is 8.88. The highest BCUT2D eigenvalue weighted by molar-refractivity contribution is 5.72. The number of para-hydroxylation sites is 1. The molecule has 0 aliphatic carbocycles. The predicted octanol–water partition coefficient (Wildman–Crippen LogP) is 5.23. The van der Waals surface area contributed by atoms with Crippen LogP contribution < -0.4 is 4.74 Å². The maximum absolute atomic E-state index is 11.7. The summed E-state index contributed by atoms with van der Waals surface area (Å²) in [5, 5.41) is 9.61. The number of hydrogen-bond acceptors (Lipinski definition) is 4. The lowest BCUT2D eigenvalue weighted by molar-refractivity contribution is -0.159. The normalized spacial score (nSPS) is 13.0. The average Bonchev–Trinajstić information content (AvgIpc) is 2.64. The number of esters is 1. The van der Waals surface area contributed by atoms with Crippen LogP contribution in [0.1, 0.15) is 71.6 Å². The van der Waals surface area contributed by atoms with Gasteiger partial charge in [0, 0.05) is 6.92 Å². The highest BCUT2D eigenvalue weighted by Gasteiger charge is 2.31. The van der Waals surface area contributed by atoms with Crippen LogP contribution in [0.3, 0.4) is 0 Å². The van der Waals surface area contributed by atoms with Crippen LogP contribution in [-0.2, 0) is 14.3 Å². The first-order chi connectivity index (χ1) is 13.0. The molecule has 152 valence electrons. The zero-order chi connectivity index (χ0) is 19.9. The number of aliphatic carboxylic acids is 1. The number of carboxylic acid groups (broad SMARTS) is 1. The van der Waals surface area contributed by atoms with Gasteiger partial charge in [-0.1, -0.05) is 76.5 Å². The Balaban J connectivity index is 2.47. The van der Waals surface area contributed by atoms with Gasteiger partial charge < -0.3 is 14.6 Å². The van der Waals surface area contributed by atoms with Crippen LogP contribution >= 0.6 is 0 Å². The van der Waals surface area contributed by atoms with Crippen molar-refractivity contribution >= 4 is 11.9 Å². The second-order valence-corrected chi connectivity index (χ2v) is 6.98. The first-order valence-corrected chi connectivity index (χ1v) is 10.1. The summed E-state index contributed by atoms with van der Waals surface area (Å²) < 4.78 is 10.9. The number of carbonyl (C=O) groups excluding carboxylic acids is 1. The Labute approximate surface area is 163 Å². The van der Waals surface area contributed by atoms with E-state index in [1.807, 2.05) is 18.2 Å². The first-order valence-electron chi connectivity index (χ1n) is 10.1. The Morgan fingerprint density at radius 2 is 1.56 bits per heavy atom. The standard InChI is InChI=1S/C22H34O5/c1-3-4-5-6-7-8-9-13-16-20(22(24)25)21(27-18(2)23)17-26-19-14-11-10-12-15-19/h10-12,14-15,20-21H,3-9,13,16-17H2,1-2H3,(H,24,25)/t20-,21-/m0/s1. The molecule has 1 rings (SSSR count). The molecule has 1 aromatic carbocycles. The number of carboxylic acids is 1. The lowest BCUT2D eigenvalue weighted by Gasteiger charge is -2.24. The Morgan fingerprint density at radius 3 is 2.11 bits per heavy atom. The minimum Gasteiger partial charge on any atom is -0.490 e. The van der Waals surface area contributed by atoms with E-state index in [0.29, 0.717) is 12.2 Å². The monoisotopic (exact) mass is 378 g/mol. The highest BCUT2D eigenvalue weighted by Crippen LogP contribution is 2.20. The smallest absolute Gasteiger partial charge is 0.310 e.